The van der Waals surface area contributed by atoms with Gasteiger partial charge < -0.3 is 19.9 Å². The number of nitrogens with one attached hydrogen (secondary N) is 1. The third-order valence-electron chi connectivity index (χ3n) is 5.85. The lowest BCUT2D eigenvalue weighted by Gasteiger charge is -2.28. The Labute approximate surface area is 203 Å². The van der Waals surface area contributed by atoms with Crippen molar-refractivity contribution in [1.82, 2.24) is 5.32 Å². The van der Waals surface area contributed by atoms with Crippen molar-refractivity contribution in [3.8, 4) is 5.75 Å². The molecular formula is C27H27NO5S. The molecule has 0 heterocycles. The van der Waals surface area contributed by atoms with Gasteiger partial charge in [-0.3, -0.25) is 4.79 Å². The monoisotopic (exact) mass is 477 g/mol. The lowest BCUT2D eigenvalue weighted by molar-refractivity contribution is -0.0299. The first-order valence-corrected chi connectivity index (χ1v) is 12.3. The molecule has 0 aromatic heterocycles. The van der Waals surface area contributed by atoms with Gasteiger partial charge in [-0.1, -0.05) is 54.1 Å². The second-order valence-electron chi connectivity index (χ2n) is 8.39. The van der Waals surface area contributed by atoms with Crippen molar-refractivity contribution in [3.05, 3.63) is 94.5 Å². The minimum absolute atomic E-state index is 0.282. The fourth-order valence-electron chi connectivity index (χ4n) is 4.29. The lowest BCUT2D eigenvalue weighted by atomic mass is 10.1. The van der Waals surface area contributed by atoms with Gasteiger partial charge in [-0.2, -0.15) is 0 Å². The molecule has 0 radical (unpaired) electrons. The summed E-state index contributed by atoms with van der Waals surface area (Å²) in [6.07, 6.45) is 1.84. The van der Waals surface area contributed by atoms with Crippen LogP contribution in [0.3, 0.4) is 0 Å². The highest BCUT2D eigenvalue weighted by molar-refractivity contribution is 7.98. The normalized spacial score (nSPS) is 13.7. The van der Waals surface area contributed by atoms with E-state index < -0.39 is 17.8 Å². The Kier molecular flexibility index (Phi) is 7.12. The first-order chi connectivity index (χ1) is 16.4. The highest BCUT2D eigenvalue weighted by Gasteiger charge is 2.42. The average molecular weight is 478 g/mol. The summed E-state index contributed by atoms with van der Waals surface area (Å²) in [6, 6.07) is 21.2. The number of hydrogen-bond acceptors (Lipinski definition) is 5. The molecule has 1 aliphatic carbocycles. The number of rotatable bonds is 8. The van der Waals surface area contributed by atoms with Crippen LogP contribution in [0.1, 0.15) is 32.6 Å². The van der Waals surface area contributed by atoms with Gasteiger partial charge in [0.25, 0.3) is 5.91 Å². The third kappa shape index (κ3) is 5.54. The zero-order valence-electron chi connectivity index (χ0n) is 19.2. The van der Waals surface area contributed by atoms with Crippen molar-refractivity contribution in [2.24, 2.45) is 0 Å². The number of carbonyl (C=O) groups excluding carboxylic acids is 1. The molecule has 6 nitrogen and oxygen atoms in total. The number of aryl methyl sites for hydroxylation is 1. The van der Waals surface area contributed by atoms with E-state index in [1.165, 1.54) is 22.9 Å². The van der Waals surface area contributed by atoms with Gasteiger partial charge in [0.1, 0.15) is 5.75 Å². The Morgan fingerprint density at radius 3 is 2.41 bits per heavy atom. The summed E-state index contributed by atoms with van der Waals surface area (Å²) in [7, 11) is 0. The van der Waals surface area contributed by atoms with Crippen LogP contribution in [0.4, 0.5) is 4.79 Å². The van der Waals surface area contributed by atoms with E-state index in [0.29, 0.717) is 17.9 Å². The summed E-state index contributed by atoms with van der Waals surface area (Å²) in [5.41, 5.74) is 3.36. The maximum absolute atomic E-state index is 13.2. The van der Waals surface area contributed by atoms with Crippen molar-refractivity contribution < 1.29 is 24.2 Å². The molecule has 0 fully saturated rings. The number of amides is 1. The van der Waals surface area contributed by atoms with E-state index >= 15 is 0 Å². The van der Waals surface area contributed by atoms with E-state index in [4.69, 9.17) is 9.47 Å². The second kappa shape index (κ2) is 10.2. The Morgan fingerprint density at radius 2 is 1.76 bits per heavy atom. The molecule has 0 saturated heterocycles. The minimum Gasteiger partial charge on any atom is -0.492 e. The molecule has 0 spiro atoms. The molecule has 1 aliphatic rings. The molecule has 0 atom stereocenters. The third-order valence-corrected chi connectivity index (χ3v) is 6.63. The van der Waals surface area contributed by atoms with Crippen LogP contribution in [-0.4, -0.2) is 35.8 Å². The van der Waals surface area contributed by atoms with Crippen LogP contribution in [-0.2, 0) is 24.0 Å². The topological polar surface area (TPSA) is 84.9 Å². The van der Waals surface area contributed by atoms with E-state index in [1.807, 2.05) is 42.7 Å². The predicted octanol–water partition coefficient (Wildman–Crippen LogP) is 5.26. The largest absolute Gasteiger partial charge is 0.507 e. The summed E-state index contributed by atoms with van der Waals surface area (Å²) < 4.78 is 11.3. The molecule has 3 aromatic rings. The summed E-state index contributed by atoms with van der Waals surface area (Å²) in [5, 5.41) is 12.2. The zero-order valence-corrected chi connectivity index (χ0v) is 20.0. The van der Waals surface area contributed by atoms with E-state index in [9.17, 15) is 14.7 Å². The van der Waals surface area contributed by atoms with Gasteiger partial charge in [-0.25, -0.2) is 4.79 Å². The zero-order chi connectivity index (χ0) is 24.1. The standard InChI is InChI=1S/C27H27NO5S/c1-18-6-5-7-19(14-18)12-13-32-23-15-20(10-11-24(23)34-2)25(29)28-27(33-26(30)31)16-21-8-3-4-9-22(21)17-27/h3-11,14-15H,12-13,16-17H2,1-2H3,(H,28,29)(H,30,31). The SMILES string of the molecule is CSc1ccc(C(=O)NC2(OC(=O)O)Cc3ccccc3C2)cc1OCCc1cccc(C)c1. The fraction of sp³-hybridized carbons (Fsp3) is 0.259. The van der Waals surface area contributed by atoms with Crippen LogP contribution < -0.4 is 10.1 Å². The molecule has 0 unspecified atom stereocenters. The smallest absolute Gasteiger partial charge is 0.492 e. The predicted molar refractivity (Wildman–Crippen MR) is 132 cm³/mol. The summed E-state index contributed by atoms with van der Waals surface area (Å²) in [4.78, 5) is 25.5. The molecular weight excluding hydrogens is 450 g/mol. The maximum atomic E-state index is 13.2. The van der Waals surface area contributed by atoms with Crippen molar-refractivity contribution in [3.63, 3.8) is 0 Å². The molecule has 176 valence electrons. The van der Waals surface area contributed by atoms with Crippen molar-refractivity contribution >= 4 is 23.8 Å². The number of hydrogen-bond donors (Lipinski definition) is 2. The van der Waals surface area contributed by atoms with Crippen LogP contribution in [0.25, 0.3) is 0 Å². The molecule has 4 rings (SSSR count). The molecule has 1 amide bonds. The van der Waals surface area contributed by atoms with Gasteiger partial charge in [-0.05, 0) is 48.1 Å². The van der Waals surface area contributed by atoms with Crippen LogP contribution in [0.15, 0.2) is 71.6 Å². The molecule has 0 saturated carbocycles. The number of benzene rings is 3. The van der Waals surface area contributed by atoms with Gasteiger partial charge in [0, 0.05) is 29.7 Å². The molecule has 3 aromatic carbocycles. The first kappa shape index (κ1) is 23.7. The van der Waals surface area contributed by atoms with E-state index in [-0.39, 0.29) is 12.8 Å². The number of fused-ring (bicyclic) bond motifs is 1. The van der Waals surface area contributed by atoms with Crippen LogP contribution >= 0.6 is 11.8 Å². The summed E-state index contributed by atoms with van der Waals surface area (Å²) >= 11 is 1.54. The number of thioether (sulfide) groups is 1. The van der Waals surface area contributed by atoms with Gasteiger partial charge in [0.15, 0.2) is 5.72 Å². The van der Waals surface area contributed by atoms with Crippen molar-refractivity contribution in [2.75, 3.05) is 12.9 Å². The number of carbonyl (C=O) groups is 2. The van der Waals surface area contributed by atoms with E-state index in [2.05, 4.69) is 30.4 Å². The van der Waals surface area contributed by atoms with Crippen LogP contribution in [0.2, 0.25) is 0 Å². The quantitative estimate of drug-likeness (QED) is 0.262. The Bertz CT molecular complexity index is 1180. The van der Waals surface area contributed by atoms with Crippen molar-refractivity contribution in [2.45, 2.75) is 36.8 Å². The van der Waals surface area contributed by atoms with Gasteiger partial charge in [-0.15, -0.1) is 11.8 Å². The Hall–Kier alpha value is -3.45. The first-order valence-electron chi connectivity index (χ1n) is 11.0. The molecule has 7 heteroatoms. The Morgan fingerprint density at radius 1 is 1.03 bits per heavy atom. The lowest BCUT2D eigenvalue weighted by Crippen LogP contribution is -2.52. The van der Waals surface area contributed by atoms with Crippen LogP contribution in [0.5, 0.6) is 5.75 Å². The van der Waals surface area contributed by atoms with Gasteiger partial charge >= 0.3 is 6.16 Å². The Balaban J connectivity index is 1.49. The summed E-state index contributed by atoms with van der Waals surface area (Å²) in [6.45, 7) is 2.53. The summed E-state index contributed by atoms with van der Waals surface area (Å²) in [5.74, 6) is 0.209. The van der Waals surface area contributed by atoms with Crippen molar-refractivity contribution in [1.29, 1.82) is 0 Å². The molecule has 0 aliphatic heterocycles. The highest BCUT2D eigenvalue weighted by Crippen LogP contribution is 2.33. The molecule has 0 bridgehead atoms. The number of carboxylic acid groups (broad SMARTS) is 1. The second-order valence-corrected chi connectivity index (χ2v) is 9.24. The molecule has 34 heavy (non-hydrogen) atoms. The maximum Gasteiger partial charge on any atom is 0.507 e. The van der Waals surface area contributed by atoms with E-state index in [1.54, 1.807) is 12.1 Å². The van der Waals surface area contributed by atoms with Gasteiger partial charge in [0.05, 0.1) is 6.61 Å². The van der Waals surface area contributed by atoms with E-state index in [0.717, 1.165) is 22.4 Å². The number of ether oxygens (including phenoxy) is 2. The van der Waals surface area contributed by atoms with Gasteiger partial charge in [0.2, 0.25) is 0 Å². The average Bonchev–Trinajstić information content (AvgIpc) is 3.15. The highest BCUT2D eigenvalue weighted by atomic mass is 32.2. The molecule has 2 N–H and O–H groups in total. The minimum atomic E-state index is -1.42. The van der Waals surface area contributed by atoms with Crippen LogP contribution in [0, 0.1) is 6.92 Å². The fourth-order valence-corrected chi connectivity index (χ4v) is 4.81.